The summed E-state index contributed by atoms with van der Waals surface area (Å²) < 4.78 is 16.6. The third-order valence-electron chi connectivity index (χ3n) is 6.02. The number of ether oxygens (including phenoxy) is 3. The fourth-order valence-corrected chi connectivity index (χ4v) is 4.71. The van der Waals surface area contributed by atoms with Gasteiger partial charge in [0.15, 0.2) is 0 Å². The first-order valence-electron chi connectivity index (χ1n) is 8.92. The first kappa shape index (κ1) is 19.4. The van der Waals surface area contributed by atoms with Crippen molar-refractivity contribution in [1.82, 2.24) is 0 Å². The summed E-state index contributed by atoms with van der Waals surface area (Å²) in [6.45, 7) is 12.5. The van der Waals surface area contributed by atoms with Crippen LogP contribution < -0.4 is 0 Å². The van der Waals surface area contributed by atoms with Crippen molar-refractivity contribution in [2.24, 2.45) is 23.2 Å². The SMILES string of the molecule is C=CC[C@@]12COC(=O)C(=C)[C@@H]1[C@H]1OC(=O)[C@H](C)[C@@H]1[C@@H](OC(=O)C(=C)CO)C2. The van der Waals surface area contributed by atoms with Gasteiger partial charge in [-0.2, -0.15) is 0 Å². The van der Waals surface area contributed by atoms with Gasteiger partial charge < -0.3 is 19.3 Å². The first-order chi connectivity index (χ1) is 12.8. The summed E-state index contributed by atoms with van der Waals surface area (Å²) in [5.74, 6) is -2.95. The third-order valence-corrected chi connectivity index (χ3v) is 6.02. The highest BCUT2D eigenvalue weighted by molar-refractivity contribution is 5.90. The molecule has 0 radical (unpaired) electrons. The van der Waals surface area contributed by atoms with Crippen LogP contribution in [0, 0.1) is 23.2 Å². The average molecular weight is 376 g/mol. The summed E-state index contributed by atoms with van der Waals surface area (Å²) in [7, 11) is 0. The molecule has 3 rings (SSSR count). The second-order valence-corrected chi connectivity index (χ2v) is 7.61. The molecule has 27 heavy (non-hydrogen) atoms. The number of hydrogen-bond donors (Lipinski definition) is 1. The Labute approximate surface area is 157 Å². The molecule has 3 fully saturated rings. The van der Waals surface area contributed by atoms with Gasteiger partial charge in [-0.1, -0.05) is 26.2 Å². The molecule has 0 aromatic rings. The maximum Gasteiger partial charge on any atom is 0.336 e. The van der Waals surface area contributed by atoms with Crippen LogP contribution in [0.2, 0.25) is 0 Å². The normalized spacial score (nSPS) is 37.6. The Balaban J connectivity index is 2.01. The lowest BCUT2D eigenvalue weighted by molar-refractivity contribution is -0.184. The lowest BCUT2D eigenvalue weighted by Gasteiger charge is -2.52. The Kier molecular flexibility index (Phi) is 4.99. The van der Waals surface area contributed by atoms with Gasteiger partial charge in [0.2, 0.25) is 0 Å². The van der Waals surface area contributed by atoms with E-state index in [0.29, 0.717) is 12.8 Å². The number of carbonyl (C=O) groups excluding carboxylic acids is 3. The van der Waals surface area contributed by atoms with Gasteiger partial charge in [0.05, 0.1) is 24.7 Å². The van der Waals surface area contributed by atoms with Crippen molar-refractivity contribution in [2.45, 2.75) is 32.0 Å². The minimum atomic E-state index is -0.716. The molecule has 2 heterocycles. The molecular formula is C20H24O7. The van der Waals surface area contributed by atoms with E-state index >= 15 is 0 Å². The highest BCUT2D eigenvalue weighted by Gasteiger charge is 2.64. The maximum atomic E-state index is 12.3. The van der Waals surface area contributed by atoms with Crippen molar-refractivity contribution in [3.63, 3.8) is 0 Å². The Bertz CT molecular complexity index is 724. The average Bonchev–Trinajstić information content (AvgIpc) is 2.92. The largest absolute Gasteiger partial charge is 0.462 e. The van der Waals surface area contributed by atoms with Gasteiger partial charge in [-0.15, -0.1) is 6.58 Å². The summed E-state index contributed by atoms with van der Waals surface area (Å²) in [5.41, 5.74) is -0.419. The number of aliphatic hydroxyl groups is 1. The molecule has 0 spiro atoms. The molecular weight excluding hydrogens is 352 g/mol. The molecule has 2 aliphatic heterocycles. The van der Waals surface area contributed by atoms with E-state index in [-0.39, 0.29) is 17.8 Å². The molecule has 1 N–H and O–H groups in total. The number of fused-ring (bicyclic) bond motifs is 3. The minimum Gasteiger partial charge on any atom is -0.462 e. The van der Waals surface area contributed by atoms with Gasteiger partial charge in [-0.25, -0.2) is 9.59 Å². The maximum absolute atomic E-state index is 12.3. The van der Waals surface area contributed by atoms with E-state index in [4.69, 9.17) is 19.3 Å². The van der Waals surface area contributed by atoms with Crippen LogP contribution in [0.5, 0.6) is 0 Å². The molecule has 6 atom stereocenters. The summed E-state index contributed by atoms with van der Waals surface area (Å²) in [6, 6.07) is 0. The van der Waals surface area contributed by atoms with Crippen molar-refractivity contribution in [2.75, 3.05) is 13.2 Å². The van der Waals surface area contributed by atoms with Gasteiger partial charge in [-0.3, -0.25) is 4.79 Å². The van der Waals surface area contributed by atoms with Crippen molar-refractivity contribution in [3.05, 3.63) is 37.0 Å². The monoisotopic (exact) mass is 376 g/mol. The zero-order valence-corrected chi connectivity index (χ0v) is 15.3. The highest BCUT2D eigenvalue weighted by atomic mass is 16.6. The van der Waals surface area contributed by atoms with E-state index in [1.165, 1.54) is 0 Å². The second-order valence-electron chi connectivity index (χ2n) is 7.61. The first-order valence-corrected chi connectivity index (χ1v) is 8.92. The Morgan fingerprint density at radius 1 is 1.44 bits per heavy atom. The molecule has 7 nitrogen and oxygen atoms in total. The zero-order valence-electron chi connectivity index (χ0n) is 15.3. The zero-order chi connectivity index (χ0) is 19.9. The Hall–Kier alpha value is -2.41. The number of hydrogen-bond acceptors (Lipinski definition) is 7. The highest BCUT2D eigenvalue weighted by Crippen LogP contribution is 2.57. The third kappa shape index (κ3) is 3.00. The van der Waals surface area contributed by atoms with E-state index in [1.54, 1.807) is 13.0 Å². The molecule has 146 valence electrons. The standard InChI is InChI=1S/C20H24O7/c1-5-6-20-7-13(26-17(22)10(2)8-21)14-11(3)19(24)27-16(14)15(20)12(4)18(23)25-9-20/h5,11,13-16,21H,1-2,4,6-9H2,3H3/t11-,13+,14-,15-,16+,20-/m1/s1. The summed E-state index contributed by atoms with van der Waals surface area (Å²) in [5, 5.41) is 9.14. The van der Waals surface area contributed by atoms with Crippen LogP contribution in [0.4, 0.5) is 0 Å². The van der Waals surface area contributed by atoms with Crippen LogP contribution in [0.3, 0.4) is 0 Å². The molecule has 0 unspecified atom stereocenters. The van der Waals surface area contributed by atoms with Gasteiger partial charge in [-0.05, 0) is 12.8 Å². The van der Waals surface area contributed by atoms with Gasteiger partial charge >= 0.3 is 17.9 Å². The van der Waals surface area contributed by atoms with E-state index in [1.807, 2.05) is 0 Å². The molecule has 0 bridgehead atoms. The summed E-state index contributed by atoms with van der Waals surface area (Å²) >= 11 is 0. The smallest absolute Gasteiger partial charge is 0.336 e. The number of rotatable bonds is 5. The number of cyclic esters (lactones) is 1. The summed E-state index contributed by atoms with van der Waals surface area (Å²) in [4.78, 5) is 36.6. The Morgan fingerprint density at radius 2 is 2.15 bits per heavy atom. The van der Waals surface area contributed by atoms with Gasteiger partial charge in [0.1, 0.15) is 12.2 Å². The van der Waals surface area contributed by atoms with Crippen molar-refractivity contribution >= 4 is 17.9 Å². The Morgan fingerprint density at radius 3 is 2.78 bits per heavy atom. The van der Waals surface area contributed by atoms with Crippen LogP contribution in [0.1, 0.15) is 19.8 Å². The second kappa shape index (κ2) is 6.96. The topological polar surface area (TPSA) is 99.1 Å². The van der Waals surface area contributed by atoms with Crippen LogP contribution in [0.25, 0.3) is 0 Å². The molecule has 0 aromatic heterocycles. The van der Waals surface area contributed by atoms with E-state index in [2.05, 4.69) is 19.7 Å². The molecule has 0 aromatic carbocycles. The van der Waals surface area contributed by atoms with Crippen LogP contribution in [-0.4, -0.2) is 48.4 Å². The molecule has 0 amide bonds. The molecule has 7 heteroatoms. The van der Waals surface area contributed by atoms with E-state index < -0.39 is 59.9 Å². The molecule has 1 saturated carbocycles. The van der Waals surface area contributed by atoms with Crippen molar-refractivity contribution in [1.29, 1.82) is 0 Å². The van der Waals surface area contributed by atoms with Crippen LogP contribution >= 0.6 is 0 Å². The number of aliphatic hydroxyl groups excluding tert-OH is 1. The molecule has 2 saturated heterocycles. The minimum absolute atomic E-state index is 0.0659. The van der Waals surface area contributed by atoms with Crippen LogP contribution in [0.15, 0.2) is 37.0 Å². The van der Waals surface area contributed by atoms with Crippen molar-refractivity contribution < 1.29 is 33.7 Å². The van der Waals surface area contributed by atoms with Gasteiger partial charge in [0.25, 0.3) is 0 Å². The predicted molar refractivity (Wildman–Crippen MR) is 94.1 cm³/mol. The predicted octanol–water partition coefficient (Wildman–Crippen LogP) is 1.32. The van der Waals surface area contributed by atoms with Crippen molar-refractivity contribution in [3.8, 4) is 0 Å². The van der Waals surface area contributed by atoms with Crippen LogP contribution in [-0.2, 0) is 28.6 Å². The fourth-order valence-electron chi connectivity index (χ4n) is 4.71. The van der Waals surface area contributed by atoms with E-state index in [0.717, 1.165) is 0 Å². The number of allylic oxidation sites excluding steroid dienone is 1. The van der Waals surface area contributed by atoms with Gasteiger partial charge in [0, 0.05) is 22.8 Å². The lowest BCUT2D eigenvalue weighted by Crippen LogP contribution is -2.58. The lowest BCUT2D eigenvalue weighted by atomic mass is 9.55. The quantitative estimate of drug-likeness (QED) is 0.334. The molecule has 3 aliphatic rings. The van der Waals surface area contributed by atoms with E-state index in [9.17, 15) is 14.4 Å². The summed E-state index contributed by atoms with van der Waals surface area (Å²) in [6.07, 6.45) is 1.28. The number of esters is 3. The number of carbonyl (C=O) groups is 3. The fraction of sp³-hybridized carbons (Fsp3) is 0.550. The molecule has 1 aliphatic carbocycles.